The van der Waals surface area contributed by atoms with Crippen LogP contribution in [0.15, 0.2) is 23.1 Å². The second kappa shape index (κ2) is 7.63. The van der Waals surface area contributed by atoms with Crippen molar-refractivity contribution in [1.29, 1.82) is 0 Å². The summed E-state index contributed by atoms with van der Waals surface area (Å²) in [6, 6.07) is 3.44. The van der Waals surface area contributed by atoms with Gasteiger partial charge in [0.1, 0.15) is 11.3 Å². The van der Waals surface area contributed by atoms with Crippen molar-refractivity contribution in [3.05, 3.63) is 57.2 Å². The average Bonchev–Trinajstić information content (AvgIpc) is 2.77. The van der Waals surface area contributed by atoms with Crippen LogP contribution in [0.25, 0.3) is 11.2 Å². The first kappa shape index (κ1) is 21.8. The van der Waals surface area contributed by atoms with Crippen molar-refractivity contribution in [3.63, 3.8) is 0 Å². The fraction of sp³-hybridized carbons (Fsp3) is 0.577. The number of halogens is 1. The molecule has 7 rings (SSSR count). The second-order valence-corrected chi connectivity index (χ2v) is 10.7. The molecule has 7 nitrogen and oxygen atoms in total. The lowest BCUT2D eigenvalue weighted by Crippen LogP contribution is -2.65. The maximum atomic E-state index is 13.1. The van der Waals surface area contributed by atoms with Crippen LogP contribution >= 0.6 is 0 Å². The van der Waals surface area contributed by atoms with Gasteiger partial charge in [-0.2, -0.15) is 0 Å². The van der Waals surface area contributed by atoms with E-state index in [-0.39, 0.29) is 35.1 Å². The zero-order valence-corrected chi connectivity index (χ0v) is 20.0. The Bertz CT molecular complexity index is 1330. The number of hydrogen-bond acceptors (Lipinski definition) is 6. The van der Waals surface area contributed by atoms with Gasteiger partial charge >= 0.3 is 0 Å². The van der Waals surface area contributed by atoms with Crippen LogP contribution < -0.4 is 5.56 Å². The van der Waals surface area contributed by atoms with Crippen molar-refractivity contribution < 1.29 is 9.13 Å². The topological polar surface area (TPSA) is 82.8 Å². The third-order valence-electron chi connectivity index (χ3n) is 8.36. The van der Waals surface area contributed by atoms with E-state index in [1.54, 1.807) is 17.7 Å². The monoisotopic (exact) mass is 463 g/mol. The molecule has 3 aromatic heterocycles. The number of fused-ring (bicyclic) bond motifs is 1. The Balaban J connectivity index is 1.37. The minimum atomic E-state index is -0.251. The maximum Gasteiger partial charge on any atom is 0.250 e. The summed E-state index contributed by atoms with van der Waals surface area (Å²) < 4.78 is 20.7. The molecule has 178 valence electrons. The van der Waals surface area contributed by atoms with E-state index >= 15 is 0 Å². The van der Waals surface area contributed by atoms with Crippen LogP contribution in [-0.4, -0.2) is 37.8 Å². The fourth-order valence-corrected chi connectivity index (χ4v) is 6.47. The molecule has 3 saturated carbocycles. The lowest BCUT2D eigenvalue weighted by molar-refractivity contribution is -0.150. The SMILES string of the molecule is Cc1nc2nc(C3CCOC(c4ccc(=O)n(C)c4)C3)nc(C34CC(CCF)(C3)C4)c2nc1C. The Morgan fingerprint density at radius 2 is 1.88 bits per heavy atom. The van der Waals surface area contributed by atoms with Crippen molar-refractivity contribution in [1.82, 2.24) is 24.5 Å². The van der Waals surface area contributed by atoms with Gasteiger partial charge in [-0.15, -0.1) is 0 Å². The van der Waals surface area contributed by atoms with Crippen LogP contribution in [0.1, 0.15) is 79.0 Å². The minimum Gasteiger partial charge on any atom is -0.373 e. The quantitative estimate of drug-likeness (QED) is 0.565. The number of hydrogen-bond donors (Lipinski definition) is 0. The van der Waals surface area contributed by atoms with Gasteiger partial charge in [-0.3, -0.25) is 9.18 Å². The lowest BCUT2D eigenvalue weighted by atomic mass is 9.33. The van der Waals surface area contributed by atoms with Gasteiger partial charge < -0.3 is 9.30 Å². The Hall–Kier alpha value is -2.74. The highest BCUT2D eigenvalue weighted by molar-refractivity contribution is 5.75. The smallest absolute Gasteiger partial charge is 0.250 e. The predicted molar refractivity (Wildman–Crippen MR) is 126 cm³/mol. The molecule has 0 spiro atoms. The van der Waals surface area contributed by atoms with Gasteiger partial charge in [-0.05, 0) is 69.4 Å². The molecule has 4 fully saturated rings. The number of ether oxygens (including phenoxy) is 1. The van der Waals surface area contributed by atoms with E-state index in [0.717, 1.165) is 66.1 Å². The molecule has 34 heavy (non-hydrogen) atoms. The molecular formula is C26H30FN5O2. The molecule has 0 radical (unpaired) electrons. The van der Waals surface area contributed by atoms with Crippen LogP contribution in [0, 0.1) is 19.3 Å². The summed E-state index contributed by atoms with van der Waals surface area (Å²) in [5.41, 5.74) is 5.36. The summed E-state index contributed by atoms with van der Waals surface area (Å²) in [6.07, 6.45) is 6.93. The molecule has 1 aliphatic heterocycles. The molecule has 1 saturated heterocycles. The number of aryl methyl sites for hydroxylation is 3. The third-order valence-corrected chi connectivity index (χ3v) is 8.36. The van der Waals surface area contributed by atoms with Crippen molar-refractivity contribution >= 4 is 11.2 Å². The molecule has 0 N–H and O–H groups in total. The zero-order chi connectivity index (χ0) is 23.7. The van der Waals surface area contributed by atoms with Crippen LogP contribution in [0.4, 0.5) is 4.39 Å². The van der Waals surface area contributed by atoms with Gasteiger partial charge in [0, 0.05) is 37.3 Å². The van der Waals surface area contributed by atoms with Crippen molar-refractivity contribution in [2.45, 2.75) is 69.8 Å². The molecule has 8 heteroatoms. The molecule has 3 aliphatic carbocycles. The van der Waals surface area contributed by atoms with Crippen LogP contribution in [0.2, 0.25) is 0 Å². The van der Waals surface area contributed by atoms with Crippen LogP contribution in [0.3, 0.4) is 0 Å². The number of pyridine rings is 1. The van der Waals surface area contributed by atoms with Gasteiger partial charge in [0.2, 0.25) is 5.56 Å². The van der Waals surface area contributed by atoms with Crippen LogP contribution in [0.5, 0.6) is 0 Å². The Morgan fingerprint density at radius 1 is 1.12 bits per heavy atom. The fourth-order valence-electron chi connectivity index (χ4n) is 6.47. The zero-order valence-electron chi connectivity index (χ0n) is 20.0. The number of nitrogens with zero attached hydrogens (tertiary/aromatic N) is 5. The van der Waals surface area contributed by atoms with Gasteiger partial charge in [0.15, 0.2) is 5.65 Å². The highest BCUT2D eigenvalue weighted by Gasteiger charge is 2.69. The molecule has 4 heterocycles. The summed E-state index contributed by atoms with van der Waals surface area (Å²) in [4.78, 5) is 31.5. The summed E-state index contributed by atoms with van der Waals surface area (Å²) in [7, 11) is 1.76. The molecule has 2 unspecified atom stereocenters. The van der Waals surface area contributed by atoms with E-state index in [2.05, 4.69) is 0 Å². The van der Waals surface area contributed by atoms with Crippen molar-refractivity contribution in [3.8, 4) is 0 Å². The van der Waals surface area contributed by atoms with E-state index in [1.807, 2.05) is 26.1 Å². The highest BCUT2D eigenvalue weighted by Crippen LogP contribution is 2.75. The molecule has 0 aromatic carbocycles. The molecular weight excluding hydrogens is 433 g/mol. The second-order valence-electron chi connectivity index (χ2n) is 10.7. The Morgan fingerprint density at radius 3 is 2.62 bits per heavy atom. The van der Waals surface area contributed by atoms with Gasteiger partial charge in [0.05, 0.1) is 29.9 Å². The van der Waals surface area contributed by atoms with E-state index in [1.165, 1.54) is 0 Å². The number of rotatable bonds is 5. The first-order valence-electron chi connectivity index (χ1n) is 12.2. The maximum absolute atomic E-state index is 13.1. The highest BCUT2D eigenvalue weighted by atomic mass is 19.1. The van der Waals surface area contributed by atoms with E-state index < -0.39 is 0 Å². The van der Waals surface area contributed by atoms with Gasteiger partial charge in [-0.1, -0.05) is 0 Å². The third kappa shape index (κ3) is 3.29. The molecule has 4 aliphatic rings. The lowest BCUT2D eigenvalue weighted by Gasteiger charge is -2.70. The van der Waals surface area contributed by atoms with Crippen LogP contribution in [-0.2, 0) is 17.2 Å². The molecule has 3 aromatic rings. The number of alkyl halides is 1. The Kier molecular flexibility index (Phi) is 4.89. The van der Waals surface area contributed by atoms with Crippen molar-refractivity contribution in [2.75, 3.05) is 13.3 Å². The van der Waals surface area contributed by atoms with E-state index in [0.29, 0.717) is 18.7 Å². The standard InChI is InChI=1S/C26H30FN5O2/c1-15-16(2)29-24-21(28-15)22(26-12-25(13-26,14-26)7-8-27)30-23(31-24)17-6-9-34-19(10-17)18-4-5-20(33)32(3)11-18/h4-5,11,17,19H,6-10,12-14H2,1-3H3. The Labute approximate surface area is 197 Å². The normalized spacial score (nSPS) is 30.1. The van der Waals surface area contributed by atoms with Crippen molar-refractivity contribution in [2.24, 2.45) is 12.5 Å². The van der Waals surface area contributed by atoms with Gasteiger partial charge in [-0.25, -0.2) is 19.9 Å². The number of aromatic nitrogens is 5. The summed E-state index contributed by atoms with van der Waals surface area (Å²) in [6.45, 7) is 4.30. The van der Waals surface area contributed by atoms with E-state index in [9.17, 15) is 9.18 Å². The molecule has 2 atom stereocenters. The first-order valence-corrected chi connectivity index (χ1v) is 12.2. The summed E-state index contributed by atoms with van der Waals surface area (Å²) in [5.74, 6) is 0.942. The molecule has 2 bridgehead atoms. The largest absolute Gasteiger partial charge is 0.373 e. The molecule has 0 amide bonds. The van der Waals surface area contributed by atoms with E-state index in [4.69, 9.17) is 24.7 Å². The summed E-state index contributed by atoms with van der Waals surface area (Å²) in [5, 5.41) is 0. The summed E-state index contributed by atoms with van der Waals surface area (Å²) >= 11 is 0. The first-order chi connectivity index (χ1) is 16.3. The predicted octanol–water partition coefficient (Wildman–Crippen LogP) is 4.15. The average molecular weight is 464 g/mol. The van der Waals surface area contributed by atoms with Gasteiger partial charge in [0.25, 0.3) is 0 Å². The minimum absolute atomic E-state index is 0.0102.